The van der Waals surface area contributed by atoms with Gasteiger partial charge in [-0.15, -0.1) is 0 Å². The number of hydrogen-bond donors (Lipinski definition) is 2. The number of fused-ring (bicyclic) bond motifs is 1. The van der Waals surface area contributed by atoms with E-state index in [1.807, 2.05) is 72.5 Å². The fourth-order valence-corrected chi connectivity index (χ4v) is 7.11. The second kappa shape index (κ2) is 15.3. The van der Waals surface area contributed by atoms with Crippen LogP contribution in [0.2, 0.25) is 0 Å². The van der Waals surface area contributed by atoms with Gasteiger partial charge in [0, 0.05) is 19.1 Å². The number of para-hydroxylation sites is 1. The highest BCUT2D eigenvalue weighted by molar-refractivity contribution is 5.98. The topological polar surface area (TPSA) is 114 Å². The summed E-state index contributed by atoms with van der Waals surface area (Å²) < 4.78 is 10.6. The molecule has 1 unspecified atom stereocenters. The van der Waals surface area contributed by atoms with E-state index in [0.29, 0.717) is 62.9 Å². The molecule has 0 radical (unpaired) electrons. The predicted octanol–water partition coefficient (Wildman–Crippen LogP) is 5.13. The molecule has 2 aliphatic rings. The number of methoxy groups -OCH3 is 1. The molecule has 0 bridgehead atoms. The Balaban J connectivity index is 1.36. The van der Waals surface area contributed by atoms with Crippen LogP contribution in [0, 0.1) is 0 Å². The molecule has 1 heterocycles. The second-order valence-corrected chi connectivity index (χ2v) is 12.3. The van der Waals surface area contributed by atoms with Crippen molar-refractivity contribution >= 4 is 23.7 Å². The minimum atomic E-state index is -1.08. The van der Waals surface area contributed by atoms with Crippen LogP contribution in [0.25, 0.3) is 0 Å². The Bertz CT molecular complexity index is 1570. The van der Waals surface area contributed by atoms with Crippen LogP contribution in [0.3, 0.4) is 0 Å². The lowest BCUT2D eigenvalue weighted by Crippen LogP contribution is -2.54. The summed E-state index contributed by atoms with van der Waals surface area (Å²) in [4.78, 5) is 56.3. The Hall–Kier alpha value is -4.66. The van der Waals surface area contributed by atoms with E-state index in [0.717, 1.165) is 16.7 Å². The van der Waals surface area contributed by atoms with Gasteiger partial charge in [0.05, 0.1) is 30.6 Å². The number of hydrogen-bond acceptors (Lipinski definition) is 6. The summed E-state index contributed by atoms with van der Waals surface area (Å²) in [5, 5.41) is 6.16. The molecule has 0 saturated carbocycles. The number of esters is 1. The smallest absolute Gasteiger partial charge is 0.328 e. The van der Waals surface area contributed by atoms with Gasteiger partial charge in [-0.05, 0) is 67.9 Å². The van der Waals surface area contributed by atoms with Crippen LogP contribution in [0.5, 0.6) is 5.75 Å². The van der Waals surface area contributed by atoms with Gasteiger partial charge < -0.3 is 25.0 Å². The lowest BCUT2D eigenvalue weighted by molar-refractivity contribution is -0.148. The van der Waals surface area contributed by atoms with Crippen molar-refractivity contribution in [3.8, 4) is 5.75 Å². The zero-order valence-electron chi connectivity index (χ0n) is 27.5. The van der Waals surface area contributed by atoms with E-state index in [-0.39, 0.29) is 30.4 Å². The van der Waals surface area contributed by atoms with Gasteiger partial charge in [0.15, 0.2) is 0 Å². The summed E-state index contributed by atoms with van der Waals surface area (Å²) >= 11 is 0. The number of nitrogens with one attached hydrogen (secondary N) is 2. The molecular weight excluding hydrogens is 594 g/mol. The SMILES string of the molecule is CCCC(NC(=O)[C@@]1(c2ccccc2)CC[C@H](C(=O)N2CCC(NC(=O)c3ccccc3OC)CC2)c2ccccc21)C(=O)OCC. The van der Waals surface area contributed by atoms with Crippen LogP contribution >= 0.6 is 0 Å². The number of carbonyl (C=O) groups is 4. The van der Waals surface area contributed by atoms with Crippen molar-refractivity contribution < 1.29 is 28.7 Å². The van der Waals surface area contributed by atoms with Crippen molar-refractivity contribution in [1.29, 1.82) is 0 Å². The average Bonchev–Trinajstić information content (AvgIpc) is 3.11. The van der Waals surface area contributed by atoms with Crippen molar-refractivity contribution in [1.82, 2.24) is 15.5 Å². The van der Waals surface area contributed by atoms with Crippen LogP contribution in [0.1, 0.15) is 85.3 Å². The molecule has 3 atom stereocenters. The molecule has 3 aromatic rings. The van der Waals surface area contributed by atoms with Crippen LogP contribution in [0.4, 0.5) is 0 Å². The molecule has 3 aromatic carbocycles. The second-order valence-electron chi connectivity index (χ2n) is 12.3. The summed E-state index contributed by atoms with van der Waals surface area (Å²) in [6.45, 7) is 5.00. The fourth-order valence-electron chi connectivity index (χ4n) is 7.11. The van der Waals surface area contributed by atoms with Crippen molar-refractivity contribution in [2.45, 2.75) is 75.8 Å². The number of piperidine rings is 1. The van der Waals surface area contributed by atoms with E-state index in [4.69, 9.17) is 9.47 Å². The van der Waals surface area contributed by atoms with E-state index in [1.54, 1.807) is 32.2 Å². The molecule has 9 nitrogen and oxygen atoms in total. The van der Waals surface area contributed by atoms with Gasteiger partial charge in [0.2, 0.25) is 11.8 Å². The first-order valence-corrected chi connectivity index (χ1v) is 16.7. The molecule has 5 rings (SSSR count). The van der Waals surface area contributed by atoms with Gasteiger partial charge >= 0.3 is 5.97 Å². The lowest BCUT2D eigenvalue weighted by Gasteiger charge is -2.43. The maximum absolute atomic E-state index is 14.5. The molecule has 0 spiro atoms. The summed E-state index contributed by atoms with van der Waals surface area (Å²) in [7, 11) is 1.54. The third-order valence-electron chi connectivity index (χ3n) is 9.50. The van der Waals surface area contributed by atoms with Gasteiger partial charge in [-0.3, -0.25) is 14.4 Å². The van der Waals surface area contributed by atoms with E-state index >= 15 is 0 Å². The molecule has 9 heteroatoms. The molecule has 248 valence electrons. The fraction of sp³-hybridized carbons (Fsp3) is 0.421. The Labute approximate surface area is 277 Å². The van der Waals surface area contributed by atoms with Crippen molar-refractivity contribution in [2.75, 3.05) is 26.8 Å². The van der Waals surface area contributed by atoms with E-state index in [9.17, 15) is 19.2 Å². The number of benzene rings is 3. The standard InChI is InChI=1S/C38H45N3O6/c1-4-13-32(36(44)47-5-2)40-37(45)38(26-14-7-6-8-15-26)23-20-29(28-16-9-11-18-31(28)38)35(43)41-24-21-27(22-25-41)39-34(42)30-17-10-12-19-33(30)46-3/h6-12,14-19,27,29,32H,4-5,13,20-25H2,1-3H3,(H,39,42)(H,40,45)/t29-,32?,38+/m0/s1. The van der Waals surface area contributed by atoms with E-state index in [2.05, 4.69) is 10.6 Å². The molecular formula is C38H45N3O6. The maximum Gasteiger partial charge on any atom is 0.328 e. The van der Waals surface area contributed by atoms with Crippen LogP contribution in [0.15, 0.2) is 78.9 Å². The van der Waals surface area contributed by atoms with Gasteiger partial charge in [-0.25, -0.2) is 4.79 Å². The van der Waals surface area contributed by atoms with Gasteiger partial charge in [0.1, 0.15) is 11.8 Å². The number of nitrogens with zero attached hydrogens (tertiary/aromatic N) is 1. The largest absolute Gasteiger partial charge is 0.496 e. The van der Waals surface area contributed by atoms with Crippen LogP contribution in [-0.2, 0) is 24.5 Å². The first-order chi connectivity index (χ1) is 22.8. The highest BCUT2D eigenvalue weighted by atomic mass is 16.5. The number of likely N-dealkylation sites (tertiary alicyclic amines) is 1. The summed E-state index contributed by atoms with van der Waals surface area (Å²) in [6.07, 6.45) is 3.33. The summed E-state index contributed by atoms with van der Waals surface area (Å²) in [6, 6.07) is 23.7. The van der Waals surface area contributed by atoms with Crippen molar-refractivity contribution in [3.05, 3.63) is 101 Å². The molecule has 1 aliphatic heterocycles. The predicted molar refractivity (Wildman–Crippen MR) is 179 cm³/mol. The summed E-state index contributed by atoms with van der Waals surface area (Å²) in [5.41, 5.74) is 1.84. The number of carbonyl (C=O) groups excluding carboxylic acids is 4. The van der Waals surface area contributed by atoms with Gasteiger partial charge in [-0.1, -0.05) is 80.1 Å². The monoisotopic (exact) mass is 639 g/mol. The molecule has 47 heavy (non-hydrogen) atoms. The Morgan fingerprint density at radius 3 is 2.28 bits per heavy atom. The number of amides is 3. The molecule has 1 saturated heterocycles. The Morgan fingerprint density at radius 1 is 0.894 bits per heavy atom. The first-order valence-electron chi connectivity index (χ1n) is 16.7. The number of rotatable bonds is 11. The normalized spacial score (nSPS) is 20.0. The van der Waals surface area contributed by atoms with E-state index < -0.39 is 23.3 Å². The minimum absolute atomic E-state index is 0.0319. The van der Waals surface area contributed by atoms with Crippen molar-refractivity contribution in [3.63, 3.8) is 0 Å². The van der Waals surface area contributed by atoms with Crippen LogP contribution in [-0.4, -0.2) is 67.5 Å². The van der Waals surface area contributed by atoms with E-state index in [1.165, 1.54) is 0 Å². The third kappa shape index (κ3) is 7.04. The zero-order valence-corrected chi connectivity index (χ0v) is 27.5. The molecule has 3 amide bonds. The molecule has 2 N–H and O–H groups in total. The highest BCUT2D eigenvalue weighted by Crippen LogP contribution is 2.48. The maximum atomic E-state index is 14.5. The van der Waals surface area contributed by atoms with Crippen LogP contribution < -0.4 is 15.4 Å². The molecule has 1 aliphatic carbocycles. The third-order valence-corrected chi connectivity index (χ3v) is 9.50. The zero-order chi connectivity index (χ0) is 33.4. The highest BCUT2D eigenvalue weighted by Gasteiger charge is 2.49. The molecule has 1 fully saturated rings. The van der Waals surface area contributed by atoms with Crippen molar-refractivity contribution in [2.24, 2.45) is 0 Å². The molecule has 0 aromatic heterocycles. The summed E-state index contributed by atoms with van der Waals surface area (Å²) in [5.74, 6) is -0.745. The first kappa shape index (κ1) is 33.7. The number of ether oxygens (including phenoxy) is 2. The van der Waals surface area contributed by atoms with Gasteiger partial charge in [-0.2, -0.15) is 0 Å². The lowest BCUT2D eigenvalue weighted by atomic mass is 9.62. The Morgan fingerprint density at radius 2 is 1.57 bits per heavy atom. The quantitative estimate of drug-likeness (QED) is 0.282. The minimum Gasteiger partial charge on any atom is -0.496 e. The van der Waals surface area contributed by atoms with Gasteiger partial charge in [0.25, 0.3) is 5.91 Å². The Kier molecular flexibility index (Phi) is 11.0. The average molecular weight is 640 g/mol.